The predicted molar refractivity (Wildman–Crippen MR) is 90.2 cm³/mol. The summed E-state index contributed by atoms with van der Waals surface area (Å²) in [6.07, 6.45) is 1.68. The monoisotopic (exact) mass is 316 g/mol. The Labute approximate surface area is 134 Å². The third-order valence-electron chi connectivity index (χ3n) is 3.21. The largest absolute Gasteiger partial charge is 0.478 e. The molecule has 0 unspecified atom stereocenters. The van der Waals surface area contributed by atoms with Crippen LogP contribution in [-0.2, 0) is 0 Å². The van der Waals surface area contributed by atoms with Crippen LogP contribution in [0.2, 0.25) is 5.02 Å². The van der Waals surface area contributed by atoms with Crippen molar-refractivity contribution in [2.75, 3.05) is 5.43 Å². The second-order valence-electron chi connectivity index (χ2n) is 5.19. The number of carboxylic acids is 1. The van der Waals surface area contributed by atoms with Gasteiger partial charge in [-0.25, -0.2) is 4.79 Å². The molecule has 0 heterocycles. The molecule has 0 aliphatic carbocycles. The summed E-state index contributed by atoms with van der Waals surface area (Å²) in [5.74, 6) is -0.575. The molecule has 5 heteroatoms. The number of carboxylic acid groups (broad SMARTS) is 1. The van der Waals surface area contributed by atoms with E-state index >= 15 is 0 Å². The molecule has 2 rings (SSSR count). The molecular formula is C17H17ClN2O2. The van der Waals surface area contributed by atoms with Gasteiger partial charge >= 0.3 is 5.97 Å². The lowest BCUT2D eigenvalue weighted by molar-refractivity contribution is 0.0697. The zero-order chi connectivity index (χ0) is 16.1. The number of nitrogens with one attached hydrogen (secondary N) is 1. The molecule has 114 valence electrons. The fourth-order valence-corrected chi connectivity index (χ4v) is 2.11. The van der Waals surface area contributed by atoms with Crippen LogP contribution in [0.1, 0.15) is 41.3 Å². The normalized spacial score (nSPS) is 11.1. The minimum absolute atomic E-state index is 0.0446. The van der Waals surface area contributed by atoms with Crippen LogP contribution in [0.4, 0.5) is 5.69 Å². The highest BCUT2D eigenvalue weighted by atomic mass is 35.5. The Morgan fingerprint density at radius 3 is 2.50 bits per heavy atom. The van der Waals surface area contributed by atoms with Gasteiger partial charge in [0.1, 0.15) is 0 Å². The summed E-state index contributed by atoms with van der Waals surface area (Å²) in [7, 11) is 0. The van der Waals surface area contributed by atoms with E-state index in [2.05, 4.69) is 36.5 Å². The maximum absolute atomic E-state index is 11.0. The van der Waals surface area contributed by atoms with Gasteiger partial charge in [-0.15, -0.1) is 0 Å². The maximum Gasteiger partial charge on any atom is 0.337 e. The van der Waals surface area contributed by atoms with Crippen LogP contribution < -0.4 is 5.43 Å². The van der Waals surface area contributed by atoms with Gasteiger partial charge in [0.25, 0.3) is 0 Å². The molecule has 0 aromatic heterocycles. The minimum atomic E-state index is -1.07. The molecule has 0 saturated heterocycles. The summed E-state index contributed by atoms with van der Waals surface area (Å²) in [6, 6.07) is 12.8. The molecule has 22 heavy (non-hydrogen) atoms. The average molecular weight is 317 g/mol. The summed E-state index contributed by atoms with van der Waals surface area (Å²) >= 11 is 5.81. The predicted octanol–water partition coefficient (Wildman–Crippen LogP) is 4.61. The number of hydrogen-bond donors (Lipinski definition) is 2. The molecule has 0 atom stereocenters. The first-order chi connectivity index (χ1) is 10.5. The summed E-state index contributed by atoms with van der Waals surface area (Å²) < 4.78 is 0. The highest BCUT2D eigenvalue weighted by Crippen LogP contribution is 2.20. The number of anilines is 1. The molecule has 2 aromatic carbocycles. The Morgan fingerprint density at radius 1 is 1.23 bits per heavy atom. The van der Waals surface area contributed by atoms with Gasteiger partial charge in [0, 0.05) is 0 Å². The number of carbonyl (C=O) groups is 1. The van der Waals surface area contributed by atoms with Crippen LogP contribution in [0.25, 0.3) is 0 Å². The first-order valence-corrected chi connectivity index (χ1v) is 7.27. The second-order valence-corrected chi connectivity index (χ2v) is 5.60. The Kier molecular flexibility index (Phi) is 5.17. The summed E-state index contributed by atoms with van der Waals surface area (Å²) in [4.78, 5) is 11.0. The van der Waals surface area contributed by atoms with E-state index in [-0.39, 0.29) is 10.6 Å². The lowest BCUT2D eigenvalue weighted by Crippen LogP contribution is -1.99. The van der Waals surface area contributed by atoms with Crippen LogP contribution in [0.5, 0.6) is 0 Å². The number of hydrogen-bond acceptors (Lipinski definition) is 3. The Morgan fingerprint density at radius 2 is 1.91 bits per heavy atom. The lowest BCUT2D eigenvalue weighted by Gasteiger charge is -2.05. The molecule has 0 radical (unpaired) electrons. The van der Waals surface area contributed by atoms with Gasteiger partial charge in [-0.05, 0) is 35.2 Å². The van der Waals surface area contributed by atoms with E-state index in [1.54, 1.807) is 12.3 Å². The second kappa shape index (κ2) is 7.09. The molecule has 0 aliphatic rings. The van der Waals surface area contributed by atoms with Gasteiger partial charge in [-0.3, -0.25) is 5.43 Å². The quantitative estimate of drug-likeness (QED) is 0.625. The highest BCUT2D eigenvalue weighted by Gasteiger charge is 2.08. The molecule has 2 aromatic rings. The smallest absolute Gasteiger partial charge is 0.337 e. The topological polar surface area (TPSA) is 61.7 Å². The van der Waals surface area contributed by atoms with E-state index in [0.29, 0.717) is 11.6 Å². The van der Waals surface area contributed by atoms with Gasteiger partial charge in [0.2, 0.25) is 0 Å². The molecule has 0 aliphatic heterocycles. The molecule has 0 saturated carbocycles. The molecule has 2 N–H and O–H groups in total. The Balaban J connectivity index is 2.06. The number of aromatic carboxylic acids is 1. The van der Waals surface area contributed by atoms with Crippen molar-refractivity contribution in [2.24, 2.45) is 5.10 Å². The minimum Gasteiger partial charge on any atom is -0.478 e. The zero-order valence-corrected chi connectivity index (χ0v) is 13.1. The summed E-state index contributed by atoms with van der Waals surface area (Å²) in [6.45, 7) is 4.29. The SMILES string of the molecule is CC(C)c1ccc(/C=N/Nc2ccc(Cl)c(C(=O)O)c2)cc1. The van der Waals surface area contributed by atoms with Crippen molar-refractivity contribution in [3.8, 4) is 0 Å². The Hall–Kier alpha value is -2.33. The van der Waals surface area contributed by atoms with Crippen molar-refractivity contribution in [3.63, 3.8) is 0 Å². The lowest BCUT2D eigenvalue weighted by atomic mass is 10.0. The van der Waals surface area contributed by atoms with E-state index in [1.165, 1.54) is 17.7 Å². The number of rotatable bonds is 5. The molecular weight excluding hydrogens is 300 g/mol. The number of nitrogens with zero attached hydrogens (tertiary/aromatic N) is 1. The van der Waals surface area contributed by atoms with E-state index in [0.717, 1.165) is 5.56 Å². The molecule has 4 nitrogen and oxygen atoms in total. The summed E-state index contributed by atoms with van der Waals surface area (Å²) in [5, 5.41) is 13.3. The molecule has 0 spiro atoms. The standard InChI is InChI=1S/C17H17ClN2O2/c1-11(2)13-5-3-12(4-6-13)10-19-20-14-7-8-16(18)15(9-14)17(21)22/h3-11,20H,1-2H3,(H,21,22)/b19-10+. The number of halogens is 1. The highest BCUT2D eigenvalue weighted by molar-refractivity contribution is 6.33. The van der Waals surface area contributed by atoms with Gasteiger partial charge in [-0.1, -0.05) is 49.7 Å². The van der Waals surface area contributed by atoms with Gasteiger partial charge in [0.15, 0.2) is 0 Å². The van der Waals surface area contributed by atoms with Crippen molar-refractivity contribution >= 4 is 29.5 Å². The van der Waals surface area contributed by atoms with E-state index in [9.17, 15) is 4.79 Å². The van der Waals surface area contributed by atoms with Crippen LogP contribution in [0, 0.1) is 0 Å². The van der Waals surface area contributed by atoms with Gasteiger partial charge in [-0.2, -0.15) is 5.10 Å². The average Bonchev–Trinajstić information content (AvgIpc) is 2.49. The van der Waals surface area contributed by atoms with Crippen molar-refractivity contribution in [2.45, 2.75) is 19.8 Å². The number of benzene rings is 2. The van der Waals surface area contributed by atoms with Crippen molar-refractivity contribution in [3.05, 3.63) is 64.2 Å². The molecule has 0 amide bonds. The first kappa shape index (κ1) is 16.0. The first-order valence-electron chi connectivity index (χ1n) is 6.89. The fraction of sp³-hybridized carbons (Fsp3) is 0.176. The van der Waals surface area contributed by atoms with Crippen LogP contribution >= 0.6 is 11.6 Å². The third-order valence-corrected chi connectivity index (χ3v) is 3.54. The van der Waals surface area contributed by atoms with E-state index in [4.69, 9.17) is 16.7 Å². The van der Waals surface area contributed by atoms with Gasteiger partial charge < -0.3 is 5.11 Å². The van der Waals surface area contributed by atoms with Crippen LogP contribution in [0.15, 0.2) is 47.6 Å². The van der Waals surface area contributed by atoms with E-state index < -0.39 is 5.97 Å². The van der Waals surface area contributed by atoms with Crippen LogP contribution in [0.3, 0.4) is 0 Å². The van der Waals surface area contributed by atoms with Crippen molar-refractivity contribution < 1.29 is 9.90 Å². The fourth-order valence-electron chi connectivity index (χ4n) is 1.91. The zero-order valence-electron chi connectivity index (χ0n) is 12.4. The maximum atomic E-state index is 11.0. The Bertz CT molecular complexity index is 694. The summed E-state index contributed by atoms with van der Waals surface area (Å²) in [5.41, 5.74) is 5.65. The third kappa shape index (κ3) is 4.09. The molecule has 0 fully saturated rings. The van der Waals surface area contributed by atoms with Gasteiger partial charge in [0.05, 0.1) is 22.5 Å². The van der Waals surface area contributed by atoms with E-state index in [1.807, 2.05) is 12.1 Å². The number of hydrazone groups is 1. The van der Waals surface area contributed by atoms with Crippen LogP contribution in [-0.4, -0.2) is 17.3 Å². The van der Waals surface area contributed by atoms with Crippen molar-refractivity contribution in [1.29, 1.82) is 0 Å². The van der Waals surface area contributed by atoms with Crippen molar-refractivity contribution in [1.82, 2.24) is 0 Å². The molecule has 0 bridgehead atoms.